The summed E-state index contributed by atoms with van der Waals surface area (Å²) in [6.07, 6.45) is 24.2. The van der Waals surface area contributed by atoms with Crippen LogP contribution in [-0.2, 0) is 10.1 Å². The summed E-state index contributed by atoms with van der Waals surface area (Å²) in [7, 11) is 0.453. The zero-order chi connectivity index (χ0) is 24.1. The summed E-state index contributed by atoms with van der Waals surface area (Å²) in [5.41, 5.74) is 0. The van der Waals surface area contributed by atoms with E-state index in [-0.39, 0.29) is 0 Å². The van der Waals surface area contributed by atoms with E-state index < -0.39 is 15.4 Å². The van der Waals surface area contributed by atoms with Crippen LogP contribution in [0, 0.1) is 0 Å². The fourth-order valence-electron chi connectivity index (χ4n) is 4.58. The molecule has 0 amide bonds. The van der Waals surface area contributed by atoms with Gasteiger partial charge in [0.2, 0.25) is 0 Å². The highest BCUT2D eigenvalue weighted by Gasteiger charge is 2.26. The van der Waals surface area contributed by atoms with E-state index in [0.717, 1.165) is 30.4 Å². The molecule has 0 aromatic heterocycles. The highest BCUT2D eigenvalue weighted by Crippen LogP contribution is 2.18. The Balaban J connectivity index is 3.95. The minimum absolute atomic E-state index is 0.570. The largest absolute Gasteiger partial charge is 0.328 e. The Morgan fingerprint density at radius 2 is 0.938 bits per heavy atom. The van der Waals surface area contributed by atoms with Gasteiger partial charge in [0.25, 0.3) is 10.1 Å². The van der Waals surface area contributed by atoms with Crippen molar-refractivity contribution in [1.29, 1.82) is 0 Å². The Morgan fingerprint density at radius 1 is 0.562 bits per heavy atom. The molecule has 0 radical (unpaired) electrons. The van der Waals surface area contributed by atoms with Gasteiger partial charge in [0.15, 0.2) is 0 Å². The average molecular weight is 477 g/mol. The lowest BCUT2D eigenvalue weighted by molar-refractivity contribution is -0.890. The molecule has 0 bridgehead atoms. The van der Waals surface area contributed by atoms with Crippen LogP contribution in [0.1, 0.15) is 142 Å². The van der Waals surface area contributed by atoms with Crippen molar-refractivity contribution in [3.8, 4) is 0 Å². The summed E-state index contributed by atoms with van der Waals surface area (Å²) in [5.74, 6) is 0. The van der Waals surface area contributed by atoms with Crippen LogP contribution in [0.4, 0.5) is 0 Å². The highest BCUT2D eigenvalue weighted by atomic mass is 32.2. The third-order valence-corrected chi connectivity index (χ3v) is 8.29. The lowest BCUT2D eigenvalue weighted by Gasteiger charge is -2.31. The molecule has 0 spiro atoms. The SMILES string of the molecule is CCCCCCCCCCCC[N+](C)(C)CCC(CCCCCCCCCC)S(=O)(=O)O. The van der Waals surface area contributed by atoms with E-state index in [9.17, 15) is 13.0 Å². The molecule has 0 saturated heterocycles. The summed E-state index contributed by atoms with van der Waals surface area (Å²) < 4.78 is 34.3. The molecular weight excluding hydrogens is 418 g/mol. The summed E-state index contributed by atoms with van der Waals surface area (Å²) in [5, 5.41) is -0.590. The summed E-state index contributed by atoms with van der Waals surface area (Å²) in [6.45, 7) is 6.40. The van der Waals surface area contributed by atoms with Crippen LogP contribution in [0.25, 0.3) is 0 Å². The molecule has 194 valence electrons. The molecule has 4 nitrogen and oxygen atoms in total. The first-order valence-corrected chi connectivity index (χ1v) is 15.5. The molecule has 0 fully saturated rings. The molecular formula is C27H58NO3S+. The molecule has 0 heterocycles. The number of nitrogens with zero attached hydrogens (tertiary/aromatic N) is 1. The van der Waals surface area contributed by atoms with Crippen LogP contribution in [0.2, 0.25) is 0 Å². The van der Waals surface area contributed by atoms with Crippen LogP contribution in [0.3, 0.4) is 0 Å². The summed E-state index contributed by atoms with van der Waals surface area (Å²) in [6, 6.07) is 0. The highest BCUT2D eigenvalue weighted by molar-refractivity contribution is 7.86. The number of unbranched alkanes of at least 4 members (excludes halogenated alkanes) is 16. The van der Waals surface area contributed by atoms with Crippen LogP contribution >= 0.6 is 0 Å². The van der Waals surface area contributed by atoms with Gasteiger partial charge in [-0.2, -0.15) is 8.42 Å². The number of rotatable bonds is 24. The van der Waals surface area contributed by atoms with Gasteiger partial charge in [-0.15, -0.1) is 0 Å². The zero-order valence-electron chi connectivity index (χ0n) is 22.3. The second kappa shape index (κ2) is 20.3. The smallest absolute Gasteiger partial charge is 0.267 e. The maximum Gasteiger partial charge on any atom is 0.267 e. The molecule has 1 atom stereocenters. The Kier molecular flexibility index (Phi) is 20.2. The molecule has 0 aromatic rings. The zero-order valence-corrected chi connectivity index (χ0v) is 23.1. The minimum Gasteiger partial charge on any atom is -0.328 e. The van der Waals surface area contributed by atoms with E-state index in [4.69, 9.17) is 0 Å². The Bertz CT molecular complexity index is 505. The van der Waals surface area contributed by atoms with Gasteiger partial charge in [-0.1, -0.05) is 117 Å². The monoisotopic (exact) mass is 476 g/mol. The van der Waals surface area contributed by atoms with Gasteiger partial charge < -0.3 is 4.48 Å². The fraction of sp³-hybridized carbons (Fsp3) is 1.00. The van der Waals surface area contributed by atoms with Crippen LogP contribution < -0.4 is 0 Å². The van der Waals surface area contributed by atoms with Gasteiger partial charge in [0.1, 0.15) is 0 Å². The predicted octanol–water partition coefficient (Wildman–Crippen LogP) is 8.16. The quantitative estimate of drug-likeness (QED) is 0.0868. The van der Waals surface area contributed by atoms with Crippen molar-refractivity contribution in [2.75, 3.05) is 27.2 Å². The maximum atomic E-state index is 11.9. The van der Waals surface area contributed by atoms with Crippen molar-refractivity contribution in [2.24, 2.45) is 0 Å². The first kappa shape index (κ1) is 31.9. The van der Waals surface area contributed by atoms with E-state index in [1.165, 1.54) is 103 Å². The lowest BCUT2D eigenvalue weighted by Crippen LogP contribution is -2.43. The molecule has 0 saturated carbocycles. The van der Waals surface area contributed by atoms with Gasteiger partial charge in [0, 0.05) is 6.42 Å². The minimum atomic E-state index is -3.95. The predicted molar refractivity (Wildman–Crippen MR) is 141 cm³/mol. The molecule has 32 heavy (non-hydrogen) atoms. The molecule has 0 aromatic carbocycles. The fourth-order valence-corrected chi connectivity index (χ4v) is 5.45. The van der Waals surface area contributed by atoms with E-state index in [1.807, 2.05) is 0 Å². The van der Waals surface area contributed by atoms with E-state index in [2.05, 4.69) is 27.9 Å². The molecule has 1 N–H and O–H groups in total. The second-order valence-electron chi connectivity index (χ2n) is 10.8. The first-order chi connectivity index (χ1) is 15.2. The van der Waals surface area contributed by atoms with E-state index in [1.54, 1.807) is 0 Å². The van der Waals surface area contributed by atoms with Crippen molar-refractivity contribution in [1.82, 2.24) is 0 Å². The molecule has 0 aliphatic heterocycles. The van der Waals surface area contributed by atoms with Crippen molar-refractivity contribution in [3.05, 3.63) is 0 Å². The standard InChI is InChI=1S/C27H57NO3S/c1-5-7-9-11-13-15-16-18-20-22-25-28(3,4)26-24-27(32(29,30)31)23-21-19-17-14-12-10-8-6-2/h27H,5-26H2,1-4H3/p+1. The molecule has 0 aliphatic rings. The van der Waals surface area contributed by atoms with Gasteiger partial charge >= 0.3 is 0 Å². The number of hydrogen-bond donors (Lipinski definition) is 1. The van der Waals surface area contributed by atoms with Crippen LogP contribution in [0.5, 0.6) is 0 Å². The van der Waals surface area contributed by atoms with E-state index in [0.29, 0.717) is 12.8 Å². The number of hydrogen-bond acceptors (Lipinski definition) is 2. The second-order valence-corrected chi connectivity index (χ2v) is 12.5. The average Bonchev–Trinajstić information content (AvgIpc) is 2.72. The van der Waals surface area contributed by atoms with Gasteiger partial charge in [0.05, 0.1) is 32.4 Å². The molecule has 5 heteroatoms. The van der Waals surface area contributed by atoms with Gasteiger partial charge in [-0.05, 0) is 19.3 Å². The Labute approximate surface area is 202 Å². The Hall–Kier alpha value is -0.130. The molecule has 1 unspecified atom stereocenters. The molecule has 0 aliphatic carbocycles. The lowest BCUT2D eigenvalue weighted by atomic mass is 10.0. The third-order valence-electron chi connectivity index (χ3n) is 6.97. The maximum absolute atomic E-state index is 11.9. The summed E-state index contributed by atoms with van der Waals surface area (Å²) >= 11 is 0. The third kappa shape index (κ3) is 20.5. The van der Waals surface area contributed by atoms with Crippen molar-refractivity contribution < 1.29 is 17.5 Å². The normalized spacial score (nSPS) is 13.5. The van der Waals surface area contributed by atoms with Crippen molar-refractivity contribution in [3.63, 3.8) is 0 Å². The molecule has 0 rings (SSSR count). The summed E-state index contributed by atoms with van der Waals surface area (Å²) in [4.78, 5) is 0. The van der Waals surface area contributed by atoms with Crippen LogP contribution in [-0.4, -0.2) is 49.9 Å². The Morgan fingerprint density at radius 3 is 1.34 bits per heavy atom. The number of quaternary nitrogens is 1. The van der Waals surface area contributed by atoms with Gasteiger partial charge in [-0.25, -0.2) is 0 Å². The van der Waals surface area contributed by atoms with Crippen molar-refractivity contribution >= 4 is 10.1 Å². The van der Waals surface area contributed by atoms with Crippen molar-refractivity contribution in [2.45, 2.75) is 148 Å². The van der Waals surface area contributed by atoms with E-state index >= 15 is 0 Å². The topological polar surface area (TPSA) is 54.4 Å². The van der Waals surface area contributed by atoms with Crippen LogP contribution in [0.15, 0.2) is 0 Å². The first-order valence-electron chi connectivity index (χ1n) is 14.0. The van der Waals surface area contributed by atoms with Gasteiger partial charge in [-0.3, -0.25) is 4.55 Å².